The van der Waals surface area contributed by atoms with Crippen molar-refractivity contribution in [3.05, 3.63) is 83.4 Å². The highest BCUT2D eigenvalue weighted by molar-refractivity contribution is 7.89. The van der Waals surface area contributed by atoms with Crippen LogP contribution in [0.15, 0.2) is 77.7 Å². The molecule has 1 amide bonds. The Morgan fingerprint density at radius 2 is 1.49 bits per heavy atom. The maximum Gasteiger partial charge on any atom is 0.298 e. The molecule has 3 aliphatic rings. The van der Waals surface area contributed by atoms with Crippen LogP contribution in [-0.2, 0) is 20.7 Å². The molecule has 0 bridgehead atoms. The number of nitrogens with zero attached hydrogens (tertiary/aromatic N) is 1. The van der Waals surface area contributed by atoms with Crippen molar-refractivity contribution in [2.75, 3.05) is 32.8 Å². The van der Waals surface area contributed by atoms with Gasteiger partial charge in [0.2, 0.25) is 15.9 Å². The number of hydrogen-bond acceptors (Lipinski definition) is 5. The molecule has 2 heterocycles. The van der Waals surface area contributed by atoms with Crippen LogP contribution >= 0.6 is 11.6 Å². The Balaban J connectivity index is 1.23. The molecule has 2 aliphatic heterocycles. The minimum absolute atomic E-state index is 0.152. The van der Waals surface area contributed by atoms with E-state index in [1.165, 1.54) is 72.7 Å². The molecule has 2 unspecified atom stereocenters. The third-order valence-corrected chi connectivity index (χ3v) is 11.1. The van der Waals surface area contributed by atoms with Crippen LogP contribution in [0.1, 0.15) is 37.7 Å². The van der Waals surface area contributed by atoms with E-state index in [1.54, 1.807) is 24.3 Å². The molecular formula is C34H38ClF2N3O4S. The second kappa shape index (κ2) is 13.4. The average Bonchev–Trinajstić information content (AvgIpc) is 3.67. The molecule has 7 nitrogen and oxygen atoms in total. The highest BCUT2D eigenvalue weighted by Crippen LogP contribution is 2.37. The molecule has 45 heavy (non-hydrogen) atoms. The molecule has 240 valence electrons. The van der Waals surface area contributed by atoms with Crippen molar-refractivity contribution in [3.8, 4) is 16.9 Å². The number of alkyl halides is 2. The quantitative estimate of drug-likeness (QED) is 0.276. The van der Waals surface area contributed by atoms with Crippen LogP contribution in [0.2, 0.25) is 5.02 Å². The van der Waals surface area contributed by atoms with E-state index in [9.17, 15) is 13.2 Å². The highest BCUT2D eigenvalue weighted by atomic mass is 35.5. The Hall–Kier alpha value is -3.05. The van der Waals surface area contributed by atoms with E-state index in [0.29, 0.717) is 55.0 Å². The van der Waals surface area contributed by atoms with Crippen molar-refractivity contribution in [2.45, 2.75) is 49.0 Å². The van der Waals surface area contributed by atoms with Gasteiger partial charge in [0.15, 0.2) is 6.04 Å². The molecule has 1 saturated carbocycles. The van der Waals surface area contributed by atoms with Gasteiger partial charge in [0.1, 0.15) is 5.75 Å². The number of halogens is 3. The van der Waals surface area contributed by atoms with E-state index in [-0.39, 0.29) is 16.7 Å². The van der Waals surface area contributed by atoms with Crippen molar-refractivity contribution in [3.63, 3.8) is 0 Å². The molecule has 0 spiro atoms. The minimum atomic E-state index is -4.51. The van der Waals surface area contributed by atoms with Gasteiger partial charge in [-0.2, -0.15) is 13.5 Å². The van der Waals surface area contributed by atoms with Gasteiger partial charge < -0.3 is 15.0 Å². The van der Waals surface area contributed by atoms with E-state index in [4.69, 9.17) is 16.3 Å². The predicted molar refractivity (Wildman–Crippen MR) is 170 cm³/mol. The van der Waals surface area contributed by atoms with E-state index < -0.39 is 33.5 Å². The summed E-state index contributed by atoms with van der Waals surface area (Å²) >= 11 is 5.98. The number of hydrogen-bond donors (Lipinski definition) is 2. The van der Waals surface area contributed by atoms with Gasteiger partial charge in [-0.15, -0.1) is 0 Å². The van der Waals surface area contributed by atoms with Crippen LogP contribution in [0.4, 0.5) is 8.78 Å². The van der Waals surface area contributed by atoms with Gasteiger partial charge in [-0.1, -0.05) is 67.3 Å². The van der Waals surface area contributed by atoms with Crippen LogP contribution in [-0.4, -0.2) is 58.1 Å². The van der Waals surface area contributed by atoms with E-state index >= 15 is 8.78 Å². The number of carbonyl (C=O) groups excluding carboxylic acids is 1. The van der Waals surface area contributed by atoms with Gasteiger partial charge >= 0.3 is 0 Å². The first-order valence-electron chi connectivity index (χ1n) is 15.6. The minimum Gasteiger partial charge on any atom is -0.493 e. The molecule has 1 aliphatic carbocycles. The van der Waals surface area contributed by atoms with Crippen molar-refractivity contribution >= 4 is 27.5 Å². The van der Waals surface area contributed by atoms with Gasteiger partial charge in [0, 0.05) is 36.8 Å². The molecule has 3 fully saturated rings. The second-order valence-electron chi connectivity index (χ2n) is 12.5. The van der Waals surface area contributed by atoms with Crippen molar-refractivity contribution in [2.24, 2.45) is 17.8 Å². The summed E-state index contributed by atoms with van der Waals surface area (Å²) in [6.07, 6.45) is 5.83. The summed E-state index contributed by atoms with van der Waals surface area (Å²) in [7, 11) is -4.51. The summed E-state index contributed by atoms with van der Waals surface area (Å²) in [5.41, 5.74) is 1.00. The van der Waals surface area contributed by atoms with E-state index in [2.05, 4.69) is 10.0 Å². The summed E-state index contributed by atoms with van der Waals surface area (Å²) in [5.74, 6) is -3.50. The Labute approximate surface area is 268 Å². The molecule has 2 N–H and O–H groups in total. The lowest BCUT2D eigenvalue weighted by Gasteiger charge is -2.31. The largest absolute Gasteiger partial charge is 0.493 e. The number of ether oxygens (including phenoxy) is 1. The SMILES string of the molecule is O=C(C(NS(=O)(=O)c1ccc(OCC2CCCCC2)cc1)C(F)(F)c1ccc(-c2ccc(Cl)cc2)cc1)N1CC2CNC[C@H]2C1. The number of likely N-dealkylation sites (tertiary alicyclic amines) is 1. The first-order chi connectivity index (χ1) is 21.6. The van der Waals surface area contributed by atoms with Gasteiger partial charge in [-0.05, 0) is 78.1 Å². The van der Waals surface area contributed by atoms with E-state index in [0.717, 1.165) is 18.4 Å². The zero-order valence-corrected chi connectivity index (χ0v) is 26.5. The Bertz CT molecular complexity index is 1570. The average molecular weight is 658 g/mol. The maximum atomic E-state index is 16.4. The van der Waals surface area contributed by atoms with Crippen LogP contribution in [0, 0.1) is 17.8 Å². The Kier molecular flexibility index (Phi) is 9.47. The number of benzene rings is 3. The molecule has 2 saturated heterocycles. The number of sulfonamides is 1. The fraction of sp³-hybridized carbons (Fsp3) is 0.441. The summed E-state index contributed by atoms with van der Waals surface area (Å²) < 4.78 is 67.8. The highest BCUT2D eigenvalue weighted by Gasteiger charge is 2.51. The van der Waals surface area contributed by atoms with Crippen molar-refractivity contribution in [1.82, 2.24) is 14.9 Å². The number of rotatable bonds is 10. The molecule has 0 radical (unpaired) electrons. The Morgan fingerprint density at radius 1 is 0.911 bits per heavy atom. The van der Waals surface area contributed by atoms with Gasteiger partial charge in [-0.25, -0.2) is 8.42 Å². The summed E-state index contributed by atoms with van der Waals surface area (Å²) in [6, 6.07) is 15.9. The molecule has 0 aromatic heterocycles. The number of carbonyl (C=O) groups is 1. The third kappa shape index (κ3) is 7.19. The number of fused-ring (bicyclic) bond motifs is 1. The molecule has 3 aromatic carbocycles. The summed E-state index contributed by atoms with van der Waals surface area (Å²) in [5, 5.41) is 3.82. The van der Waals surface area contributed by atoms with Crippen molar-refractivity contribution in [1.29, 1.82) is 0 Å². The maximum absolute atomic E-state index is 16.4. The first-order valence-corrected chi connectivity index (χ1v) is 17.5. The summed E-state index contributed by atoms with van der Waals surface area (Å²) in [4.78, 5) is 14.9. The van der Waals surface area contributed by atoms with Crippen molar-refractivity contribution < 1.29 is 26.7 Å². The summed E-state index contributed by atoms with van der Waals surface area (Å²) in [6.45, 7) is 2.54. The van der Waals surface area contributed by atoms with Gasteiger partial charge in [0.05, 0.1) is 11.5 Å². The lowest BCUT2D eigenvalue weighted by atomic mass is 9.90. The molecular weight excluding hydrogens is 620 g/mol. The van der Waals surface area contributed by atoms with Crippen LogP contribution < -0.4 is 14.8 Å². The normalized spacial score (nSPS) is 21.4. The van der Waals surface area contributed by atoms with Crippen LogP contribution in [0.25, 0.3) is 11.1 Å². The number of nitrogens with one attached hydrogen (secondary N) is 2. The lowest BCUT2D eigenvalue weighted by molar-refractivity contribution is -0.143. The van der Waals surface area contributed by atoms with E-state index in [1.807, 2.05) is 0 Å². The van der Waals surface area contributed by atoms with Gasteiger partial charge in [0.25, 0.3) is 5.92 Å². The smallest absolute Gasteiger partial charge is 0.298 e. The third-order valence-electron chi connectivity index (χ3n) is 9.38. The standard InChI is InChI=1S/C34H38ClF2N3O4S/c35-29-12-8-25(9-13-29)24-6-10-28(11-7-24)34(36,37)32(33(41)40-20-26-18-38-19-27(26)21-40)39-45(42,43)31-16-14-30(15-17-31)44-22-23-4-2-1-3-5-23/h6-17,23,26-27,32,38-39H,1-5,18-22H2/t26-,27?,32?/m0/s1. The first kappa shape index (κ1) is 31.9. The fourth-order valence-corrected chi connectivity index (χ4v) is 8.01. The van der Waals surface area contributed by atoms with Crippen LogP contribution in [0.5, 0.6) is 5.75 Å². The zero-order valence-electron chi connectivity index (χ0n) is 24.9. The van der Waals surface area contributed by atoms with Gasteiger partial charge in [-0.3, -0.25) is 4.79 Å². The number of amides is 1. The zero-order chi connectivity index (χ0) is 31.6. The topological polar surface area (TPSA) is 87.7 Å². The van der Waals surface area contributed by atoms with Crippen LogP contribution in [0.3, 0.4) is 0 Å². The predicted octanol–water partition coefficient (Wildman–Crippen LogP) is 6.08. The molecule has 3 aromatic rings. The molecule has 3 atom stereocenters. The lowest BCUT2D eigenvalue weighted by Crippen LogP contribution is -2.56. The second-order valence-corrected chi connectivity index (χ2v) is 14.6. The molecule has 11 heteroatoms. The fourth-order valence-electron chi connectivity index (χ4n) is 6.70. The molecule has 6 rings (SSSR count). The monoisotopic (exact) mass is 657 g/mol. The Morgan fingerprint density at radius 3 is 2.09 bits per heavy atom.